The van der Waals surface area contributed by atoms with Crippen LogP contribution in [0.15, 0.2) is 0 Å². The maximum Gasteiger partial charge on any atom is 0.0634 e. The second kappa shape index (κ2) is 2.89. The maximum atomic E-state index is 9.64. The molecule has 1 rings (SSSR count). The van der Waals surface area contributed by atoms with E-state index in [1.165, 1.54) is 6.42 Å². The molecule has 0 amide bonds. The molecular weight excluding hydrogens is 126 g/mol. The van der Waals surface area contributed by atoms with Crippen LogP contribution in [0, 0.1) is 0 Å². The second-order valence-corrected chi connectivity index (χ2v) is 3.58. The lowest BCUT2D eigenvalue weighted by molar-refractivity contribution is 0.0112. The van der Waals surface area contributed by atoms with E-state index in [2.05, 4.69) is 5.32 Å². The quantitative estimate of drug-likeness (QED) is 0.571. The molecule has 1 fully saturated rings. The minimum absolute atomic E-state index is 0.411. The lowest BCUT2D eigenvalue weighted by Gasteiger charge is -2.33. The van der Waals surface area contributed by atoms with Gasteiger partial charge in [0.1, 0.15) is 0 Å². The molecule has 2 nitrogen and oxygen atoms in total. The monoisotopic (exact) mass is 143 g/mol. The molecule has 0 unspecified atom stereocenters. The highest BCUT2D eigenvalue weighted by molar-refractivity contribution is 4.84. The first-order chi connectivity index (χ1) is 4.64. The molecule has 0 aliphatic heterocycles. The van der Waals surface area contributed by atoms with Crippen molar-refractivity contribution in [3.63, 3.8) is 0 Å². The average molecular weight is 143 g/mol. The Hall–Kier alpha value is -0.0800. The molecule has 0 aromatic heterocycles. The summed E-state index contributed by atoms with van der Waals surface area (Å²) in [5.74, 6) is 0. The highest BCUT2D eigenvalue weighted by Crippen LogP contribution is 2.27. The van der Waals surface area contributed by atoms with E-state index in [4.69, 9.17) is 0 Å². The molecule has 10 heavy (non-hydrogen) atoms. The Morgan fingerprint density at radius 3 is 2.70 bits per heavy atom. The van der Waals surface area contributed by atoms with Crippen LogP contribution in [0.25, 0.3) is 0 Å². The summed E-state index contributed by atoms with van der Waals surface area (Å²) in [6.07, 6.45) is 4.24. The fourth-order valence-corrected chi connectivity index (χ4v) is 1.71. The highest BCUT2D eigenvalue weighted by atomic mass is 16.3. The van der Waals surface area contributed by atoms with Gasteiger partial charge in [-0.2, -0.15) is 0 Å². The molecule has 0 aromatic carbocycles. The summed E-state index contributed by atoms with van der Waals surface area (Å²) >= 11 is 0. The molecule has 1 saturated carbocycles. The van der Waals surface area contributed by atoms with Gasteiger partial charge in [0, 0.05) is 6.04 Å². The van der Waals surface area contributed by atoms with Gasteiger partial charge >= 0.3 is 0 Å². The van der Waals surface area contributed by atoms with Crippen molar-refractivity contribution in [1.82, 2.24) is 5.32 Å². The van der Waals surface area contributed by atoms with Crippen LogP contribution in [0.5, 0.6) is 0 Å². The third kappa shape index (κ3) is 1.96. The van der Waals surface area contributed by atoms with Gasteiger partial charge in [0.2, 0.25) is 0 Å². The van der Waals surface area contributed by atoms with Gasteiger partial charge in [0.25, 0.3) is 0 Å². The SMILES string of the molecule is CN[C@H]1CCC[C@](C)(O)C1. The van der Waals surface area contributed by atoms with Gasteiger partial charge in [-0.05, 0) is 39.7 Å². The number of nitrogens with one attached hydrogen (secondary N) is 1. The molecule has 0 aromatic rings. The van der Waals surface area contributed by atoms with Crippen molar-refractivity contribution in [3.05, 3.63) is 0 Å². The van der Waals surface area contributed by atoms with Crippen molar-refractivity contribution in [3.8, 4) is 0 Å². The molecule has 2 N–H and O–H groups in total. The van der Waals surface area contributed by atoms with Crippen LogP contribution in [0.3, 0.4) is 0 Å². The highest BCUT2D eigenvalue weighted by Gasteiger charge is 2.28. The van der Waals surface area contributed by atoms with Crippen molar-refractivity contribution in [2.24, 2.45) is 0 Å². The Balaban J connectivity index is 2.40. The number of aliphatic hydroxyl groups is 1. The first kappa shape index (κ1) is 8.02. The van der Waals surface area contributed by atoms with Crippen LogP contribution in [0.1, 0.15) is 32.6 Å². The van der Waals surface area contributed by atoms with Crippen molar-refractivity contribution < 1.29 is 5.11 Å². The Labute approximate surface area is 62.6 Å². The largest absolute Gasteiger partial charge is 0.390 e. The van der Waals surface area contributed by atoms with E-state index in [-0.39, 0.29) is 0 Å². The van der Waals surface area contributed by atoms with E-state index in [9.17, 15) is 5.11 Å². The van der Waals surface area contributed by atoms with Crippen LogP contribution in [-0.2, 0) is 0 Å². The summed E-state index contributed by atoms with van der Waals surface area (Å²) in [7, 11) is 1.96. The molecule has 0 radical (unpaired) electrons. The predicted octanol–water partition coefficient (Wildman–Crippen LogP) is 0.899. The van der Waals surface area contributed by atoms with Gasteiger partial charge < -0.3 is 10.4 Å². The third-order valence-electron chi connectivity index (χ3n) is 2.36. The molecule has 2 atom stereocenters. The number of hydrogen-bond donors (Lipinski definition) is 2. The maximum absolute atomic E-state index is 9.64. The molecule has 2 heteroatoms. The predicted molar refractivity (Wildman–Crippen MR) is 41.9 cm³/mol. The van der Waals surface area contributed by atoms with Gasteiger partial charge in [-0.15, -0.1) is 0 Å². The topological polar surface area (TPSA) is 32.3 Å². The summed E-state index contributed by atoms with van der Waals surface area (Å²) in [6, 6.07) is 0.531. The molecule has 60 valence electrons. The van der Waals surface area contributed by atoms with E-state index in [0.717, 1.165) is 19.3 Å². The first-order valence-electron chi connectivity index (χ1n) is 4.04. The Kier molecular flexibility index (Phi) is 2.32. The Morgan fingerprint density at radius 2 is 2.30 bits per heavy atom. The van der Waals surface area contributed by atoms with E-state index < -0.39 is 5.60 Å². The average Bonchev–Trinajstić information content (AvgIpc) is 1.86. The van der Waals surface area contributed by atoms with Crippen molar-refractivity contribution in [1.29, 1.82) is 0 Å². The fourth-order valence-electron chi connectivity index (χ4n) is 1.71. The summed E-state index contributed by atoms with van der Waals surface area (Å²) in [5.41, 5.74) is -0.411. The molecule has 0 spiro atoms. The second-order valence-electron chi connectivity index (χ2n) is 3.58. The normalized spacial score (nSPS) is 41.7. The van der Waals surface area contributed by atoms with Gasteiger partial charge in [-0.3, -0.25) is 0 Å². The van der Waals surface area contributed by atoms with Crippen LogP contribution in [0.4, 0.5) is 0 Å². The molecule has 1 aliphatic rings. The van der Waals surface area contributed by atoms with Crippen LogP contribution in [0.2, 0.25) is 0 Å². The molecule has 0 saturated heterocycles. The molecule has 0 heterocycles. The number of rotatable bonds is 1. The van der Waals surface area contributed by atoms with E-state index >= 15 is 0 Å². The van der Waals surface area contributed by atoms with Gasteiger partial charge in [0.05, 0.1) is 5.60 Å². The Bertz CT molecular complexity index is 112. The minimum Gasteiger partial charge on any atom is -0.390 e. The summed E-state index contributed by atoms with van der Waals surface area (Å²) in [6.45, 7) is 1.93. The standard InChI is InChI=1S/C8H17NO/c1-8(10)5-3-4-7(6-8)9-2/h7,9-10H,3-6H2,1-2H3/t7-,8-/m0/s1. The molecule has 0 bridgehead atoms. The zero-order chi connectivity index (χ0) is 7.61. The van der Waals surface area contributed by atoms with Gasteiger partial charge in [-0.1, -0.05) is 0 Å². The van der Waals surface area contributed by atoms with E-state index in [0.29, 0.717) is 6.04 Å². The summed E-state index contributed by atoms with van der Waals surface area (Å²) in [5, 5.41) is 12.8. The van der Waals surface area contributed by atoms with Crippen LogP contribution >= 0.6 is 0 Å². The third-order valence-corrected chi connectivity index (χ3v) is 2.36. The Morgan fingerprint density at radius 1 is 1.60 bits per heavy atom. The van der Waals surface area contributed by atoms with E-state index in [1.807, 2.05) is 14.0 Å². The lowest BCUT2D eigenvalue weighted by atomic mass is 9.83. The number of hydrogen-bond acceptors (Lipinski definition) is 2. The zero-order valence-corrected chi connectivity index (χ0v) is 6.85. The summed E-state index contributed by atoms with van der Waals surface area (Å²) in [4.78, 5) is 0. The van der Waals surface area contributed by atoms with Crippen molar-refractivity contribution >= 4 is 0 Å². The molecule has 1 aliphatic carbocycles. The van der Waals surface area contributed by atoms with Gasteiger partial charge in [0.15, 0.2) is 0 Å². The van der Waals surface area contributed by atoms with Crippen LogP contribution in [-0.4, -0.2) is 23.8 Å². The van der Waals surface area contributed by atoms with Crippen LogP contribution < -0.4 is 5.32 Å². The zero-order valence-electron chi connectivity index (χ0n) is 6.85. The smallest absolute Gasteiger partial charge is 0.0634 e. The molecular formula is C8H17NO. The van der Waals surface area contributed by atoms with Crippen molar-refractivity contribution in [2.75, 3.05) is 7.05 Å². The van der Waals surface area contributed by atoms with Crippen molar-refractivity contribution in [2.45, 2.75) is 44.2 Å². The summed E-state index contributed by atoms with van der Waals surface area (Å²) < 4.78 is 0. The first-order valence-corrected chi connectivity index (χ1v) is 4.04. The fraction of sp³-hybridized carbons (Fsp3) is 1.00. The minimum atomic E-state index is -0.411. The van der Waals surface area contributed by atoms with Gasteiger partial charge in [-0.25, -0.2) is 0 Å². The lowest BCUT2D eigenvalue weighted by Crippen LogP contribution is -2.40. The van der Waals surface area contributed by atoms with E-state index in [1.54, 1.807) is 0 Å².